The zero-order chi connectivity index (χ0) is 23.7. The fourth-order valence-corrected chi connectivity index (χ4v) is 3.84. The summed E-state index contributed by atoms with van der Waals surface area (Å²) >= 11 is 11.9. The smallest absolute Gasteiger partial charge is 0.254 e. The van der Waals surface area contributed by atoms with E-state index in [2.05, 4.69) is 15.4 Å². The van der Waals surface area contributed by atoms with Gasteiger partial charge in [0.1, 0.15) is 5.82 Å². The molecule has 10 heteroatoms. The highest BCUT2D eigenvalue weighted by molar-refractivity contribution is 6.42. The largest absolute Gasteiger partial charge is 0.388 e. The third kappa shape index (κ3) is 4.78. The fourth-order valence-electron chi connectivity index (χ4n) is 3.54. The molecule has 4 N–H and O–H groups in total. The number of amides is 1. The number of carbonyl (C=O) groups is 1. The van der Waals surface area contributed by atoms with Crippen molar-refractivity contribution in [2.24, 2.45) is 0 Å². The highest BCUT2D eigenvalue weighted by Gasteiger charge is 2.20. The van der Waals surface area contributed by atoms with Crippen molar-refractivity contribution in [3.63, 3.8) is 0 Å². The van der Waals surface area contributed by atoms with Crippen molar-refractivity contribution < 1.29 is 14.3 Å². The molecular weight excluding hydrogens is 468 g/mol. The number of aliphatic hydroxyl groups excluding tert-OH is 1. The number of nitrogens with zero attached hydrogens (tertiary/aromatic N) is 3. The van der Waals surface area contributed by atoms with E-state index in [0.29, 0.717) is 32.4 Å². The maximum absolute atomic E-state index is 15.4. The molecule has 2 heterocycles. The van der Waals surface area contributed by atoms with Crippen molar-refractivity contribution in [3.8, 4) is 11.1 Å². The van der Waals surface area contributed by atoms with Crippen LogP contribution in [-0.4, -0.2) is 32.2 Å². The molecule has 0 aliphatic heterocycles. The van der Waals surface area contributed by atoms with E-state index >= 15 is 4.39 Å². The van der Waals surface area contributed by atoms with Crippen molar-refractivity contribution in [1.82, 2.24) is 19.9 Å². The van der Waals surface area contributed by atoms with E-state index in [1.807, 2.05) is 0 Å². The lowest BCUT2D eigenvalue weighted by Crippen LogP contribution is -2.27. The first kappa shape index (κ1) is 23.0. The quantitative estimate of drug-likeness (QED) is 0.368. The van der Waals surface area contributed by atoms with Gasteiger partial charge in [0.25, 0.3) is 5.91 Å². The van der Waals surface area contributed by atoms with E-state index in [1.165, 1.54) is 4.52 Å². The zero-order valence-corrected chi connectivity index (χ0v) is 19.0. The SMILES string of the molecule is Cc1ccc(-c2ccn3nc(N)nc3c2)c(F)c1C(=O)NCC[C@@H](O)c1ccc(Cl)c(Cl)c1. The zero-order valence-electron chi connectivity index (χ0n) is 17.5. The number of anilines is 1. The molecule has 0 aliphatic rings. The molecule has 0 saturated carbocycles. The second-order valence-electron chi connectivity index (χ2n) is 7.54. The lowest BCUT2D eigenvalue weighted by molar-refractivity contribution is 0.0938. The molecule has 4 aromatic rings. The number of nitrogen functional groups attached to an aromatic ring is 1. The van der Waals surface area contributed by atoms with Crippen molar-refractivity contribution in [2.45, 2.75) is 19.4 Å². The number of pyridine rings is 1. The number of fused-ring (bicyclic) bond motifs is 1. The van der Waals surface area contributed by atoms with Gasteiger partial charge in [0.2, 0.25) is 5.95 Å². The predicted molar refractivity (Wildman–Crippen MR) is 126 cm³/mol. The molecule has 2 aromatic carbocycles. The van der Waals surface area contributed by atoms with Gasteiger partial charge in [-0.3, -0.25) is 4.79 Å². The van der Waals surface area contributed by atoms with Crippen LogP contribution in [0.1, 0.15) is 34.0 Å². The highest BCUT2D eigenvalue weighted by atomic mass is 35.5. The first-order chi connectivity index (χ1) is 15.7. The average Bonchev–Trinajstić information content (AvgIpc) is 3.15. The average molecular weight is 488 g/mol. The maximum Gasteiger partial charge on any atom is 0.254 e. The van der Waals surface area contributed by atoms with Crippen molar-refractivity contribution in [1.29, 1.82) is 0 Å². The minimum absolute atomic E-state index is 0.0580. The van der Waals surface area contributed by atoms with Crippen molar-refractivity contribution in [2.75, 3.05) is 12.3 Å². The molecule has 170 valence electrons. The number of hydrogen-bond acceptors (Lipinski definition) is 5. The summed E-state index contributed by atoms with van der Waals surface area (Å²) in [5.74, 6) is -1.10. The molecule has 0 spiro atoms. The van der Waals surface area contributed by atoms with E-state index in [4.69, 9.17) is 28.9 Å². The second kappa shape index (κ2) is 9.35. The van der Waals surface area contributed by atoms with Crippen LogP contribution in [0.25, 0.3) is 16.8 Å². The summed E-state index contributed by atoms with van der Waals surface area (Å²) in [5, 5.41) is 17.8. The molecule has 0 unspecified atom stereocenters. The number of aryl methyl sites for hydroxylation is 1. The summed E-state index contributed by atoms with van der Waals surface area (Å²) in [6.07, 6.45) is 0.978. The van der Waals surface area contributed by atoms with Gasteiger partial charge in [0.15, 0.2) is 5.65 Å². The summed E-state index contributed by atoms with van der Waals surface area (Å²) in [5.41, 5.74) is 7.88. The van der Waals surface area contributed by atoms with Gasteiger partial charge in [0, 0.05) is 18.3 Å². The van der Waals surface area contributed by atoms with Gasteiger partial charge >= 0.3 is 0 Å². The van der Waals surface area contributed by atoms with Gasteiger partial charge < -0.3 is 16.2 Å². The van der Waals surface area contributed by atoms with Gasteiger partial charge in [-0.05, 0) is 54.3 Å². The third-order valence-electron chi connectivity index (χ3n) is 5.27. The number of benzene rings is 2. The topological polar surface area (TPSA) is 106 Å². The van der Waals surface area contributed by atoms with E-state index in [1.54, 1.807) is 55.6 Å². The molecule has 1 amide bonds. The molecule has 4 rings (SSSR count). The number of nitrogens with two attached hydrogens (primary N) is 1. The van der Waals surface area contributed by atoms with E-state index in [9.17, 15) is 9.90 Å². The van der Waals surface area contributed by atoms with Crippen LogP contribution in [0.15, 0.2) is 48.7 Å². The third-order valence-corrected chi connectivity index (χ3v) is 6.01. The van der Waals surface area contributed by atoms with Crippen molar-refractivity contribution >= 4 is 40.7 Å². The number of halogens is 3. The van der Waals surface area contributed by atoms with E-state index in [0.717, 1.165) is 0 Å². The van der Waals surface area contributed by atoms with Crippen LogP contribution in [0.2, 0.25) is 10.0 Å². The number of nitrogens with one attached hydrogen (secondary N) is 1. The summed E-state index contributed by atoms with van der Waals surface area (Å²) < 4.78 is 16.9. The molecule has 0 radical (unpaired) electrons. The number of hydrogen-bond donors (Lipinski definition) is 3. The minimum atomic E-state index is -0.861. The number of aliphatic hydroxyl groups is 1. The molecule has 7 nitrogen and oxygen atoms in total. The second-order valence-corrected chi connectivity index (χ2v) is 8.36. The lowest BCUT2D eigenvalue weighted by Gasteiger charge is -2.14. The van der Waals surface area contributed by atoms with Crippen LogP contribution >= 0.6 is 23.2 Å². The summed E-state index contributed by atoms with van der Waals surface area (Å²) in [6, 6.07) is 11.4. The minimum Gasteiger partial charge on any atom is -0.388 e. The Hall–Kier alpha value is -3.20. The van der Waals surface area contributed by atoms with Gasteiger partial charge in [-0.15, -0.1) is 5.10 Å². The van der Waals surface area contributed by atoms with Crippen LogP contribution in [0.4, 0.5) is 10.3 Å². The Morgan fingerprint density at radius 2 is 2.00 bits per heavy atom. The van der Waals surface area contributed by atoms with Crippen molar-refractivity contribution in [3.05, 3.63) is 81.2 Å². The summed E-state index contributed by atoms with van der Waals surface area (Å²) in [6.45, 7) is 1.79. The van der Waals surface area contributed by atoms with Gasteiger partial charge in [-0.1, -0.05) is 41.4 Å². The molecule has 1 atom stereocenters. The Labute approximate surface area is 199 Å². The maximum atomic E-state index is 15.4. The van der Waals surface area contributed by atoms with Gasteiger partial charge in [-0.25, -0.2) is 8.91 Å². The fraction of sp³-hybridized carbons (Fsp3) is 0.174. The number of carbonyl (C=O) groups excluding carboxylic acids is 1. The highest BCUT2D eigenvalue weighted by Crippen LogP contribution is 2.29. The number of rotatable bonds is 6. The monoisotopic (exact) mass is 487 g/mol. The standard InChI is InChI=1S/C23H20Cl2FN5O2/c1-12-2-4-15(13-7-9-31-19(11-13)29-23(27)30-31)21(26)20(12)22(33)28-8-6-18(32)14-3-5-16(24)17(25)10-14/h2-5,7,9-11,18,32H,6,8H2,1H3,(H2,27,30)(H,28,33)/t18-/m1/s1. The van der Waals surface area contributed by atoms with Crippen LogP contribution < -0.4 is 11.1 Å². The molecule has 33 heavy (non-hydrogen) atoms. The normalized spacial score (nSPS) is 12.2. The van der Waals surface area contributed by atoms with Crippen LogP contribution in [-0.2, 0) is 0 Å². The molecule has 0 bridgehead atoms. The summed E-state index contributed by atoms with van der Waals surface area (Å²) in [7, 11) is 0. The molecular formula is C23H20Cl2FN5O2. The Morgan fingerprint density at radius 1 is 1.21 bits per heavy atom. The Bertz CT molecular complexity index is 1360. The Kier molecular flexibility index (Phi) is 6.51. The number of aromatic nitrogens is 3. The first-order valence-electron chi connectivity index (χ1n) is 10.1. The first-order valence-corrected chi connectivity index (χ1v) is 10.8. The Balaban J connectivity index is 1.50. The van der Waals surface area contributed by atoms with Crippen LogP contribution in [0.3, 0.4) is 0 Å². The predicted octanol–water partition coefficient (Wildman–Crippen LogP) is 4.59. The Morgan fingerprint density at radius 3 is 2.76 bits per heavy atom. The van der Waals surface area contributed by atoms with Gasteiger partial charge in [-0.2, -0.15) is 4.98 Å². The summed E-state index contributed by atoms with van der Waals surface area (Å²) in [4.78, 5) is 16.9. The van der Waals surface area contributed by atoms with Crippen LogP contribution in [0.5, 0.6) is 0 Å². The molecule has 0 aliphatic carbocycles. The molecule has 0 saturated heterocycles. The lowest BCUT2D eigenvalue weighted by atomic mass is 9.98. The van der Waals surface area contributed by atoms with E-state index in [-0.39, 0.29) is 30.0 Å². The van der Waals surface area contributed by atoms with E-state index < -0.39 is 17.8 Å². The molecule has 2 aromatic heterocycles. The molecule has 0 fully saturated rings. The van der Waals surface area contributed by atoms with Crippen LogP contribution in [0, 0.1) is 12.7 Å². The van der Waals surface area contributed by atoms with Gasteiger partial charge in [0.05, 0.1) is 21.7 Å².